The molecular weight excluding hydrogens is 690 g/mol. The summed E-state index contributed by atoms with van der Waals surface area (Å²) in [6, 6.07) is 3.93. The highest BCUT2D eigenvalue weighted by Gasteiger charge is 2.55. The van der Waals surface area contributed by atoms with Gasteiger partial charge in [0, 0.05) is 17.5 Å². The number of piperidine rings is 1. The zero-order valence-corrected chi connectivity index (χ0v) is 27.3. The van der Waals surface area contributed by atoms with E-state index in [9.17, 15) is 37.3 Å². The molecule has 264 valence electrons. The Morgan fingerprint density at radius 3 is 2.53 bits per heavy atom. The number of carboxylic acids is 1. The molecule has 1 aromatic heterocycles. The van der Waals surface area contributed by atoms with Crippen LogP contribution < -0.4 is 22.1 Å². The molecule has 1 aromatic carbocycles. The van der Waals surface area contributed by atoms with Crippen LogP contribution in [0.3, 0.4) is 0 Å². The van der Waals surface area contributed by atoms with Crippen LogP contribution in [0.25, 0.3) is 0 Å². The van der Waals surface area contributed by atoms with Gasteiger partial charge in [0.2, 0.25) is 0 Å². The number of hydrogen-bond donors (Lipinski definition) is 6. The van der Waals surface area contributed by atoms with Crippen molar-refractivity contribution >= 4 is 62.2 Å². The Hall–Kier alpha value is -4.90. The third-order valence-corrected chi connectivity index (χ3v) is 9.28. The van der Waals surface area contributed by atoms with Crippen molar-refractivity contribution in [2.75, 3.05) is 38.5 Å². The molecule has 3 amide bonds. The minimum atomic E-state index is -5.06. The maximum atomic E-state index is 13.4. The number of nitrogens with one attached hydrogen (secondary N) is 2. The smallest absolute Gasteiger partial charge is 0.410 e. The van der Waals surface area contributed by atoms with Crippen molar-refractivity contribution in [2.45, 2.75) is 43.9 Å². The van der Waals surface area contributed by atoms with Crippen LogP contribution in [-0.4, -0.2) is 125 Å². The quantitative estimate of drug-likeness (QED) is 0.0322. The number of ether oxygens (including phenoxy) is 2. The second-order valence-corrected chi connectivity index (χ2v) is 13.2. The summed E-state index contributed by atoms with van der Waals surface area (Å²) in [5, 5.41) is 20.2. The Bertz CT molecular complexity index is 1740. The number of cyclic esters (lactones) is 1. The van der Waals surface area contributed by atoms with Gasteiger partial charge in [0.25, 0.3) is 11.8 Å². The number of nitrogens with two attached hydrogens (primary N) is 2. The van der Waals surface area contributed by atoms with Gasteiger partial charge in [-0.05, 0) is 31.5 Å². The summed E-state index contributed by atoms with van der Waals surface area (Å²) in [5.74, 6) is -3.56. The number of hydrogen-bond acceptors (Lipinski definition) is 15. The number of rotatable bonds is 14. The second-order valence-electron chi connectivity index (χ2n) is 11.0. The number of nitrogens with zero attached hydrogens (tertiary/aromatic N) is 5. The van der Waals surface area contributed by atoms with Gasteiger partial charge in [-0.25, -0.2) is 18.9 Å². The van der Waals surface area contributed by atoms with Crippen LogP contribution in [0.5, 0.6) is 0 Å². The highest BCUT2D eigenvalue weighted by Crippen LogP contribution is 2.26. The predicted octanol–water partition coefficient (Wildman–Crippen LogP) is -1.52. The molecule has 49 heavy (non-hydrogen) atoms. The van der Waals surface area contributed by atoms with Crippen LogP contribution in [0.15, 0.2) is 39.8 Å². The Morgan fingerprint density at radius 2 is 1.94 bits per heavy atom. The lowest BCUT2D eigenvalue weighted by atomic mass is 9.97. The highest BCUT2D eigenvalue weighted by molar-refractivity contribution is 7.84. The highest BCUT2D eigenvalue weighted by atomic mass is 32.2. The number of aliphatic carboxylic acids is 1. The van der Waals surface area contributed by atoms with E-state index in [1.54, 1.807) is 24.3 Å². The molecule has 0 radical (unpaired) electrons. The molecular formula is C27H33N9O11S2. The first-order valence-electron chi connectivity index (χ1n) is 14.8. The largest absolute Gasteiger partial charge is 0.477 e. The number of amides is 3. The number of carbonyl (C=O) groups is 4. The molecule has 22 heteroatoms. The third kappa shape index (κ3) is 8.58. The number of oxime groups is 1. The molecule has 8 N–H and O–H groups in total. The summed E-state index contributed by atoms with van der Waals surface area (Å²) >= 11 is 0.913. The molecule has 0 bridgehead atoms. The molecule has 0 unspecified atom stereocenters. The van der Waals surface area contributed by atoms with Gasteiger partial charge >= 0.3 is 28.7 Å². The fraction of sp³-hybridized carbons (Fsp3) is 0.444. The Kier molecular flexibility index (Phi) is 10.9. The monoisotopic (exact) mass is 723 g/mol. The van der Waals surface area contributed by atoms with Gasteiger partial charge < -0.3 is 46.4 Å². The summed E-state index contributed by atoms with van der Waals surface area (Å²) in [6.07, 6.45) is -1.03. The van der Waals surface area contributed by atoms with Crippen LogP contribution in [0.1, 0.15) is 29.7 Å². The Labute approximate surface area is 282 Å². The molecule has 3 aliphatic rings. The van der Waals surface area contributed by atoms with Gasteiger partial charge in [0.1, 0.15) is 24.2 Å². The number of anilines is 1. The fourth-order valence-corrected chi connectivity index (χ4v) is 6.59. The molecule has 3 aliphatic heterocycles. The summed E-state index contributed by atoms with van der Waals surface area (Å²) < 4.78 is 43.6. The minimum Gasteiger partial charge on any atom is -0.477 e. The van der Waals surface area contributed by atoms with E-state index in [0.29, 0.717) is 17.0 Å². The summed E-state index contributed by atoms with van der Waals surface area (Å²) in [5.41, 5.74) is 12.3. The van der Waals surface area contributed by atoms with Crippen LogP contribution in [0, 0.1) is 0 Å². The average Bonchev–Trinajstić information content (AvgIpc) is 3.68. The lowest BCUT2D eigenvalue weighted by Gasteiger charge is -2.45. The predicted molar refractivity (Wildman–Crippen MR) is 170 cm³/mol. The zero-order chi connectivity index (χ0) is 35.3. The Morgan fingerprint density at radius 1 is 1.22 bits per heavy atom. The minimum absolute atomic E-state index is 0.00843. The normalized spacial score (nSPS) is 21.2. The van der Waals surface area contributed by atoms with E-state index in [-0.39, 0.29) is 40.9 Å². The first kappa shape index (κ1) is 35.4. The fourth-order valence-electron chi connectivity index (χ4n) is 5.17. The lowest BCUT2D eigenvalue weighted by molar-refractivity contribution is -0.192. The number of carboxylic acid groups (broad SMARTS) is 1. The van der Waals surface area contributed by atoms with Gasteiger partial charge in [-0.2, -0.15) is 8.42 Å². The topological polar surface area (TPSA) is 291 Å². The van der Waals surface area contributed by atoms with E-state index in [1.165, 1.54) is 5.38 Å². The summed E-state index contributed by atoms with van der Waals surface area (Å²) in [4.78, 5) is 64.7. The van der Waals surface area contributed by atoms with E-state index in [0.717, 1.165) is 42.2 Å². The van der Waals surface area contributed by atoms with Crippen molar-refractivity contribution < 1.29 is 51.6 Å². The lowest BCUT2D eigenvalue weighted by Crippen LogP contribution is -2.74. The van der Waals surface area contributed by atoms with Crippen molar-refractivity contribution in [1.29, 1.82) is 0 Å². The molecule has 0 spiro atoms. The second kappa shape index (κ2) is 15.1. The molecule has 3 atom stereocenters. The zero-order valence-electron chi connectivity index (χ0n) is 25.6. The number of carbonyl (C=O) groups excluding carboxylic acids is 3. The van der Waals surface area contributed by atoms with Crippen LogP contribution in [0.4, 0.5) is 9.93 Å². The van der Waals surface area contributed by atoms with E-state index in [4.69, 9.17) is 25.8 Å². The molecule has 0 aliphatic carbocycles. The number of aliphatic imine (C=N–C) groups is 1. The molecule has 3 fully saturated rings. The Balaban J connectivity index is 1.27. The van der Waals surface area contributed by atoms with E-state index in [1.807, 2.05) is 0 Å². The van der Waals surface area contributed by atoms with Crippen molar-refractivity contribution in [3.8, 4) is 0 Å². The number of benzene rings is 1. The molecule has 20 nitrogen and oxygen atoms in total. The number of nitrogen functional groups attached to an aromatic ring is 1. The van der Waals surface area contributed by atoms with Crippen molar-refractivity contribution in [3.05, 3.63) is 46.5 Å². The summed E-state index contributed by atoms with van der Waals surface area (Å²) in [6.45, 7) is 1.17. The standard InChI is InChI=1S/C27H33N9O11S2/c28-21(31-16-5-7-30-8-6-16)15-3-1-14(2-4-15)12-46-25(24(39)40)47-34-19(17-13-48-26(29)32-17)22(37)33-20-18(11-35-9-10-45-27(35)41)36(23(20)38)49(42,43)44/h1-4,13,16,18,20,25,30H,5-12H2,(H2,28,31)(H2,29,32)(H,33,37)(H,39,40)(H,42,43,44)/b34-19-/t18-,20+,25-/m1/s1. The van der Waals surface area contributed by atoms with Crippen LogP contribution in [-0.2, 0) is 45.6 Å². The van der Waals surface area contributed by atoms with Gasteiger partial charge in [-0.15, -0.1) is 11.3 Å². The molecule has 3 saturated heterocycles. The van der Waals surface area contributed by atoms with Crippen molar-refractivity contribution in [2.24, 2.45) is 15.9 Å². The first-order valence-corrected chi connectivity index (χ1v) is 17.1. The van der Waals surface area contributed by atoms with Gasteiger partial charge in [-0.1, -0.05) is 29.4 Å². The molecule has 5 rings (SSSR count). The van der Waals surface area contributed by atoms with Gasteiger partial charge in [0.15, 0.2) is 10.8 Å². The number of β-lactam (4-membered cyclic amide) rings is 1. The SMILES string of the molecule is NC(=NC1CCNCC1)c1ccc(CO[C@H](O/N=C(\C(=O)N[C@@H]2C(=O)N(S(=O)(=O)O)[C@@H]2CN2CCOC2=O)c2csc(N)n2)C(=O)O)cc1. The maximum absolute atomic E-state index is 13.4. The maximum Gasteiger partial charge on any atom is 0.410 e. The molecule has 0 saturated carbocycles. The van der Waals surface area contributed by atoms with Crippen molar-refractivity contribution in [1.82, 2.24) is 24.8 Å². The van der Waals surface area contributed by atoms with E-state index in [2.05, 4.69) is 25.8 Å². The third-order valence-electron chi connectivity index (χ3n) is 7.66. The number of thiazole rings is 1. The van der Waals surface area contributed by atoms with Crippen molar-refractivity contribution in [3.63, 3.8) is 0 Å². The van der Waals surface area contributed by atoms with Gasteiger partial charge in [0.05, 0.1) is 25.2 Å². The van der Waals surface area contributed by atoms with Crippen LogP contribution >= 0.6 is 11.3 Å². The molecule has 2 aromatic rings. The molecule has 4 heterocycles. The average molecular weight is 724 g/mol. The van der Waals surface area contributed by atoms with Crippen LogP contribution in [0.2, 0.25) is 0 Å². The van der Waals surface area contributed by atoms with E-state index < -0.39 is 64.8 Å². The first-order chi connectivity index (χ1) is 23.3. The van der Waals surface area contributed by atoms with Gasteiger partial charge in [-0.3, -0.25) is 19.1 Å². The number of amidine groups is 1. The summed E-state index contributed by atoms with van der Waals surface area (Å²) in [7, 11) is -5.06. The number of aromatic nitrogens is 1. The van der Waals surface area contributed by atoms with E-state index >= 15 is 0 Å².